The smallest absolute Gasteiger partial charge is 0.136 e. The molecule has 0 spiro atoms. The molecule has 2 rings (SSSR count). The zero-order valence-electron chi connectivity index (χ0n) is 9.51. The van der Waals surface area contributed by atoms with E-state index in [-0.39, 0.29) is 5.41 Å². The molecule has 0 aliphatic carbocycles. The molecule has 84 valence electrons. The van der Waals surface area contributed by atoms with Crippen molar-refractivity contribution in [1.29, 1.82) is 0 Å². The summed E-state index contributed by atoms with van der Waals surface area (Å²) in [5, 5.41) is 2.74. The van der Waals surface area contributed by atoms with Gasteiger partial charge in [0.25, 0.3) is 0 Å². The topological polar surface area (TPSA) is 12.9 Å². The Hall–Kier alpha value is -0.600. The molecule has 1 aromatic heterocycles. The molecular formula is C13H13BrClN. The van der Waals surface area contributed by atoms with E-state index >= 15 is 0 Å². The van der Waals surface area contributed by atoms with Crippen molar-refractivity contribution in [2.24, 2.45) is 0 Å². The van der Waals surface area contributed by atoms with Gasteiger partial charge in [0.1, 0.15) is 5.15 Å². The minimum atomic E-state index is 0.0731. The lowest BCUT2D eigenvalue weighted by molar-refractivity contribution is 0.593. The standard InChI is InChI=1S/C13H13BrClN/c1-13(2,3)11-7-16-12(15)10-6-8(14)4-5-9(10)11/h4-7H,1-3H3. The largest absolute Gasteiger partial charge is 0.244 e. The van der Waals surface area contributed by atoms with Crippen LogP contribution >= 0.6 is 27.5 Å². The molecule has 0 aliphatic heterocycles. The summed E-state index contributed by atoms with van der Waals surface area (Å²) in [5.74, 6) is 0. The van der Waals surface area contributed by atoms with Crippen LogP contribution in [-0.2, 0) is 5.41 Å². The van der Waals surface area contributed by atoms with Crippen LogP contribution in [0.3, 0.4) is 0 Å². The summed E-state index contributed by atoms with van der Waals surface area (Å²) in [6.45, 7) is 6.54. The van der Waals surface area contributed by atoms with Crippen LogP contribution in [0, 0.1) is 0 Å². The van der Waals surface area contributed by atoms with Crippen molar-refractivity contribution in [1.82, 2.24) is 4.98 Å². The molecule has 0 aliphatic rings. The number of fused-ring (bicyclic) bond motifs is 1. The lowest BCUT2D eigenvalue weighted by Gasteiger charge is -2.21. The molecule has 1 nitrogen and oxygen atoms in total. The number of pyridine rings is 1. The Morgan fingerprint density at radius 1 is 1.19 bits per heavy atom. The summed E-state index contributed by atoms with van der Waals surface area (Å²) in [6, 6.07) is 6.14. The van der Waals surface area contributed by atoms with E-state index in [1.54, 1.807) is 0 Å². The third kappa shape index (κ3) is 2.09. The van der Waals surface area contributed by atoms with Crippen LogP contribution in [0.1, 0.15) is 26.3 Å². The molecule has 0 radical (unpaired) electrons. The highest BCUT2D eigenvalue weighted by molar-refractivity contribution is 9.10. The SMILES string of the molecule is CC(C)(C)c1cnc(Cl)c2cc(Br)ccc12. The fourth-order valence-corrected chi connectivity index (χ4v) is 2.35. The van der Waals surface area contributed by atoms with Gasteiger partial charge in [-0.25, -0.2) is 4.98 Å². The van der Waals surface area contributed by atoms with E-state index in [0.29, 0.717) is 5.15 Å². The molecule has 0 unspecified atom stereocenters. The van der Waals surface area contributed by atoms with Crippen LogP contribution in [0.25, 0.3) is 10.8 Å². The monoisotopic (exact) mass is 297 g/mol. The van der Waals surface area contributed by atoms with Gasteiger partial charge in [0.15, 0.2) is 0 Å². The summed E-state index contributed by atoms with van der Waals surface area (Å²) in [4.78, 5) is 4.26. The molecule has 1 aromatic carbocycles. The summed E-state index contributed by atoms with van der Waals surface area (Å²) in [7, 11) is 0. The van der Waals surface area contributed by atoms with Crippen LogP contribution < -0.4 is 0 Å². The average Bonchev–Trinajstić information content (AvgIpc) is 2.17. The molecule has 0 saturated heterocycles. The summed E-state index contributed by atoms with van der Waals surface area (Å²) >= 11 is 9.57. The second-order valence-corrected chi connectivity index (χ2v) is 6.18. The Balaban J connectivity index is 2.85. The van der Waals surface area contributed by atoms with Gasteiger partial charge in [-0.05, 0) is 28.5 Å². The Kier molecular flexibility index (Phi) is 2.97. The fraction of sp³-hybridized carbons (Fsp3) is 0.308. The van der Waals surface area contributed by atoms with Crippen LogP contribution in [0.15, 0.2) is 28.9 Å². The first-order chi connectivity index (χ1) is 7.39. The van der Waals surface area contributed by atoms with Gasteiger partial charge >= 0.3 is 0 Å². The van der Waals surface area contributed by atoms with Crippen molar-refractivity contribution >= 4 is 38.3 Å². The zero-order chi connectivity index (χ0) is 11.9. The minimum absolute atomic E-state index is 0.0731. The number of rotatable bonds is 0. The highest BCUT2D eigenvalue weighted by Gasteiger charge is 2.18. The molecule has 16 heavy (non-hydrogen) atoms. The molecule has 0 amide bonds. The minimum Gasteiger partial charge on any atom is -0.244 e. The second-order valence-electron chi connectivity index (χ2n) is 4.90. The number of benzene rings is 1. The highest BCUT2D eigenvalue weighted by Crippen LogP contribution is 2.33. The van der Waals surface area contributed by atoms with Crippen LogP contribution in [-0.4, -0.2) is 4.98 Å². The van der Waals surface area contributed by atoms with Crippen molar-refractivity contribution in [3.8, 4) is 0 Å². The third-order valence-corrected chi connectivity index (χ3v) is 3.40. The first kappa shape index (κ1) is 11.9. The Labute approximate surface area is 109 Å². The van der Waals surface area contributed by atoms with Gasteiger partial charge in [-0.2, -0.15) is 0 Å². The maximum atomic E-state index is 6.12. The van der Waals surface area contributed by atoms with E-state index in [0.717, 1.165) is 9.86 Å². The molecule has 0 atom stereocenters. The molecule has 0 fully saturated rings. The summed E-state index contributed by atoms with van der Waals surface area (Å²) in [5.41, 5.74) is 1.29. The van der Waals surface area contributed by atoms with Crippen molar-refractivity contribution in [3.05, 3.63) is 39.6 Å². The number of hydrogen-bond acceptors (Lipinski definition) is 1. The first-order valence-corrected chi connectivity index (χ1v) is 6.31. The summed E-state index contributed by atoms with van der Waals surface area (Å²) < 4.78 is 1.02. The van der Waals surface area contributed by atoms with Crippen molar-refractivity contribution in [2.45, 2.75) is 26.2 Å². The molecule has 2 aromatic rings. The third-order valence-electron chi connectivity index (χ3n) is 2.61. The van der Waals surface area contributed by atoms with Gasteiger partial charge < -0.3 is 0 Å². The van der Waals surface area contributed by atoms with Crippen LogP contribution in [0.5, 0.6) is 0 Å². The number of nitrogens with zero attached hydrogens (tertiary/aromatic N) is 1. The number of aromatic nitrogens is 1. The van der Waals surface area contributed by atoms with Crippen molar-refractivity contribution in [2.75, 3.05) is 0 Å². The van der Waals surface area contributed by atoms with Gasteiger partial charge in [0.05, 0.1) is 0 Å². The van der Waals surface area contributed by atoms with Crippen LogP contribution in [0.4, 0.5) is 0 Å². The van der Waals surface area contributed by atoms with E-state index in [9.17, 15) is 0 Å². The predicted molar refractivity (Wildman–Crippen MR) is 73.2 cm³/mol. The average molecular weight is 299 g/mol. The number of halogens is 2. The maximum absolute atomic E-state index is 6.12. The molecule has 0 bridgehead atoms. The van der Waals surface area contributed by atoms with E-state index in [4.69, 9.17) is 11.6 Å². The second kappa shape index (κ2) is 4.01. The maximum Gasteiger partial charge on any atom is 0.136 e. The van der Waals surface area contributed by atoms with E-state index < -0.39 is 0 Å². The van der Waals surface area contributed by atoms with Crippen molar-refractivity contribution < 1.29 is 0 Å². The molecule has 3 heteroatoms. The Bertz CT molecular complexity index is 543. The fourth-order valence-electron chi connectivity index (χ4n) is 1.78. The van der Waals surface area contributed by atoms with Crippen molar-refractivity contribution in [3.63, 3.8) is 0 Å². The van der Waals surface area contributed by atoms with E-state index in [1.807, 2.05) is 18.3 Å². The van der Waals surface area contributed by atoms with Gasteiger partial charge in [-0.3, -0.25) is 0 Å². The summed E-state index contributed by atoms with van der Waals surface area (Å²) in [6.07, 6.45) is 1.87. The highest BCUT2D eigenvalue weighted by atomic mass is 79.9. The predicted octanol–water partition coefficient (Wildman–Crippen LogP) is 4.95. The molecule has 0 N–H and O–H groups in total. The Morgan fingerprint density at radius 2 is 1.88 bits per heavy atom. The normalized spacial score (nSPS) is 12.1. The van der Waals surface area contributed by atoms with Gasteiger partial charge in [0.2, 0.25) is 0 Å². The number of hydrogen-bond donors (Lipinski definition) is 0. The molecule has 1 heterocycles. The molecule has 0 saturated carbocycles. The van der Waals surface area contributed by atoms with Crippen LogP contribution in [0.2, 0.25) is 5.15 Å². The van der Waals surface area contributed by atoms with Gasteiger partial charge in [0, 0.05) is 16.1 Å². The van der Waals surface area contributed by atoms with Gasteiger partial charge in [-0.1, -0.05) is 54.4 Å². The zero-order valence-corrected chi connectivity index (χ0v) is 11.9. The lowest BCUT2D eigenvalue weighted by atomic mass is 9.85. The Morgan fingerprint density at radius 3 is 2.50 bits per heavy atom. The van der Waals surface area contributed by atoms with E-state index in [1.165, 1.54) is 10.9 Å². The quantitative estimate of drug-likeness (QED) is 0.627. The molecular weight excluding hydrogens is 286 g/mol. The van der Waals surface area contributed by atoms with E-state index in [2.05, 4.69) is 47.8 Å². The first-order valence-electron chi connectivity index (χ1n) is 5.14. The van der Waals surface area contributed by atoms with Gasteiger partial charge in [-0.15, -0.1) is 0 Å². The lowest BCUT2D eigenvalue weighted by Crippen LogP contribution is -2.12.